The van der Waals surface area contributed by atoms with Crippen LogP contribution in [0.3, 0.4) is 0 Å². The summed E-state index contributed by atoms with van der Waals surface area (Å²) in [6.45, 7) is 2.20. The van der Waals surface area contributed by atoms with E-state index in [4.69, 9.17) is 23.2 Å². The Labute approximate surface area is 118 Å². The number of nitrogens with one attached hydrogen (secondary N) is 2. The van der Waals surface area contributed by atoms with E-state index in [0.29, 0.717) is 23.9 Å². The van der Waals surface area contributed by atoms with Gasteiger partial charge in [-0.05, 0) is 43.4 Å². The summed E-state index contributed by atoms with van der Waals surface area (Å²) in [6, 6.07) is 9.14. The number of benzene rings is 1. The Bertz CT molecular complexity index is 420. The summed E-state index contributed by atoms with van der Waals surface area (Å²) in [5, 5.41) is 1.03. The summed E-state index contributed by atoms with van der Waals surface area (Å²) < 4.78 is 0. The van der Waals surface area contributed by atoms with Gasteiger partial charge in [0.05, 0.1) is 0 Å². The first-order valence-corrected chi connectivity index (χ1v) is 7.37. The predicted molar refractivity (Wildman–Crippen MR) is 76.1 cm³/mol. The van der Waals surface area contributed by atoms with Gasteiger partial charge in [-0.1, -0.05) is 23.7 Å². The van der Waals surface area contributed by atoms with Crippen molar-refractivity contribution in [3.8, 4) is 0 Å². The summed E-state index contributed by atoms with van der Waals surface area (Å²) in [6.07, 6.45) is 2.20. The first-order chi connectivity index (χ1) is 8.65. The summed E-state index contributed by atoms with van der Waals surface area (Å²) in [5.41, 5.74) is 8.06. The number of fused-ring (bicyclic) bond motifs is 1. The minimum atomic E-state index is 0.238. The van der Waals surface area contributed by atoms with Crippen LogP contribution in [0.15, 0.2) is 24.3 Å². The van der Waals surface area contributed by atoms with Crippen molar-refractivity contribution in [1.82, 2.24) is 10.9 Å². The maximum Gasteiger partial charge on any atom is 0.0406 e. The van der Waals surface area contributed by atoms with Gasteiger partial charge in [0.2, 0.25) is 0 Å². The zero-order valence-electron chi connectivity index (χ0n) is 10.4. The van der Waals surface area contributed by atoms with Gasteiger partial charge in [0.15, 0.2) is 0 Å². The van der Waals surface area contributed by atoms with Crippen LogP contribution in [-0.4, -0.2) is 17.5 Å². The van der Waals surface area contributed by atoms with Crippen molar-refractivity contribution in [1.29, 1.82) is 0 Å². The van der Waals surface area contributed by atoms with Gasteiger partial charge in [0.25, 0.3) is 0 Å². The Balaban J connectivity index is 1.78. The average Bonchev–Trinajstić information content (AvgIpc) is 2.72. The first kappa shape index (κ1) is 12.7. The third kappa shape index (κ3) is 2.27. The molecule has 0 amide bonds. The molecule has 2 aliphatic rings. The van der Waals surface area contributed by atoms with Gasteiger partial charge in [0.1, 0.15) is 0 Å². The van der Waals surface area contributed by atoms with E-state index in [1.807, 2.05) is 12.1 Å². The van der Waals surface area contributed by atoms with Gasteiger partial charge in [-0.3, -0.25) is 10.9 Å². The van der Waals surface area contributed by atoms with E-state index in [0.717, 1.165) is 17.9 Å². The molecule has 5 unspecified atom stereocenters. The van der Waals surface area contributed by atoms with Crippen molar-refractivity contribution in [3.05, 3.63) is 34.9 Å². The zero-order chi connectivity index (χ0) is 12.7. The zero-order valence-corrected chi connectivity index (χ0v) is 11.9. The molecule has 1 aliphatic carbocycles. The van der Waals surface area contributed by atoms with Gasteiger partial charge in [-0.2, -0.15) is 0 Å². The van der Waals surface area contributed by atoms with E-state index in [-0.39, 0.29) is 5.38 Å². The molecule has 1 aromatic carbocycles. The minimum absolute atomic E-state index is 0.238. The van der Waals surface area contributed by atoms with Crippen molar-refractivity contribution in [3.63, 3.8) is 0 Å². The van der Waals surface area contributed by atoms with Crippen LogP contribution in [0.1, 0.15) is 31.2 Å². The van der Waals surface area contributed by atoms with Crippen LogP contribution in [-0.2, 0) is 0 Å². The van der Waals surface area contributed by atoms with Crippen LogP contribution >= 0.6 is 23.2 Å². The molecule has 18 heavy (non-hydrogen) atoms. The molecule has 2 fully saturated rings. The molecule has 3 rings (SSSR count). The summed E-state index contributed by atoms with van der Waals surface area (Å²) in [7, 11) is 0. The molecule has 0 bridgehead atoms. The van der Waals surface area contributed by atoms with Gasteiger partial charge >= 0.3 is 0 Å². The molecule has 4 heteroatoms. The van der Waals surface area contributed by atoms with Crippen LogP contribution in [0.5, 0.6) is 0 Å². The molecule has 1 heterocycles. The van der Waals surface area contributed by atoms with Crippen LogP contribution in [0.4, 0.5) is 0 Å². The lowest BCUT2D eigenvalue weighted by atomic mass is 9.74. The Kier molecular flexibility index (Phi) is 3.55. The quantitative estimate of drug-likeness (QED) is 0.774. The van der Waals surface area contributed by atoms with E-state index < -0.39 is 0 Å². The van der Waals surface area contributed by atoms with E-state index >= 15 is 0 Å². The van der Waals surface area contributed by atoms with Gasteiger partial charge in [-0.25, -0.2) is 0 Å². The fraction of sp³-hybridized carbons (Fsp3) is 0.571. The van der Waals surface area contributed by atoms with Crippen LogP contribution in [0.2, 0.25) is 5.02 Å². The molecule has 5 atom stereocenters. The van der Waals surface area contributed by atoms with Crippen LogP contribution in [0, 0.1) is 5.92 Å². The summed E-state index contributed by atoms with van der Waals surface area (Å²) >= 11 is 12.5. The fourth-order valence-corrected chi connectivity index (χ4v) is 4.13. The fourth-order valence-electron chi connectivity index (χ4n) is 3.40. The second-order valence-electron chi connectivity index (χ2n) is 5.50. The lowest BCUT2D eigenvalue weighted by Gasteiger charge is -2.36. The number of rotatable bonds is 1. The Morgan fingerprint density at radius 1 is 1.11 bits per heavy atom. The molecule has 1 aromatic rings. The maximum absolute atomic E-state index is 6.58. The Hall–Kier alpha value is -0.280. The van der Waals surface area contributed by atoms with Crippen LogP contribution in [0.25, 0.3) is 0 Å². The third-order valence-corrected chi connectivity index (χ3v) is 5.07. The van der Waals surface area contributed by atoms with Crippen molar-refractivity contribution in [2.75, 3.05) is 0 Å². The maximum atomic E-state index is 6.58. The normalized spacial score (nSPS) is 39.6. The molecular weight excluding hydrogens is 267 g/mol. The molecule has 2 N–H and O–H groups in total. The highest BCUT2D eigenvalue weighted by atomic mass is 35.5. The van der Waals surface area contributed by atoms with Crippen molar-refractivity contribution in [2.45, 2.75) is 43.1 Å². The molecule has 0 spiro atoms. The largest absolute Gasteiger partial charge is 0.254 e. The van der Waals surface area contributed by atoms with E-state index in [9.17, 15) is 0 Å². The van der Waals surface area contributed by atoms with E-state index in [1.165, 1.54) is 5.56 Å². The number of hydrogen-bond donors (Lipinski definition) is 2. The molecule has 1 saturated carbocycles. The molecule has 1 saturated heterocycles. The highest BCUT2D eigenvalue weighted by Gasteiger charge is 2.43. The topological polar surface area (TPSA) is 24.1 Å². The number of alkyl halides is 1. The summed E-state index contributed by atoms with van der Waals surface area (Å²) in [5.74, 6) is 1.07. The Morgan fingerprint density at radius 3 is 2.56 bits per heavy atom. The predicted octanol–water partition coefficient (Wildman–Crippen LogP) is 3.31. The van der Waals surface area contributed by atoms with Gasteiger partial charge in [0, 0.05) is 28.4 Å². The number of hydrazine groups is 1. The third-order valence-electron chi connectivity index (χ3n) is 4.35. The monoisotopic (exact) mass is 284 g/mol. The Morgan fingerprint density at radius 2 is 1.83 bits per heavy atom. The average molecular weight is 285 g/mol. The SMILES string of the molecule is CC1NNC2CC(c3ccc(Cl)cc3)CC(Cl)C12. The second kappa shape index (κ2) is 5.01. The number of hydrogen-bond acceptors (Lipinski definition) is 2. The number of halogens is 2. The molecular formula is C14H18Cl2N2. The molecule has 0 aromatic heterocycles. The van der Waals surface area contributed by atoms with Gasteiger partial charge in [-0.15, -0.1) is 11.6 Å². The minimum Gasteiger partial charge on any atom is -0.254 e. The lowest BCUT2D eigenvalue weighted by Crippen LogP contribution is -2.40. The lowest BCUT2D eigenvalue weighted by molar-refractivity contribution is 0.290. The van der Waals surface area contributed by atoms with Gasteiger partial charge < -0.3 is 0 Å². The smallest absolute Gasteiger partial charge is 0.0406 e. The summed E-state index contributed by atoms with van der Waals surface area (Å²) in [4.78, 5) is 0. The molecule has 0 radical (unpaired) electrons. The van der Waals surface area contributed by atoms with E-state index in [2.05, 4.69) is 29.9 Å². The first-order valence-electron chi connectivity index (χ1n) is 6.55. The van der Waals surface area contributed by atoms with Crippen molar-refractivity contribution in [2.24, 2.45) is 5.92 Å². The van der Waals surface area contributed by atoms with E-state index in [1.54, 1.807) is 0 Å². The highest BCUT2D eigenvalue weighted by Crippen LogP contribution is 2.41. The highest BCUT2D eigenvalue weighted by molar-refractivity contribution is 6.30. The standard InChI is InChI=1S/C14H18Cl2N2/c1-8-14-12(16)6-10(7-13(14)18-17-8)9-2-4-11(15)5-3-9/h2-5,8,10,12-14,17-18H,6-7H2,1H3. The molecule has 2 nitrogen and oxygen atoms in total. The molecule has 1 aliphatic heterocycles. The van der Waals surface area contributed by atoms with Crippen LogP contribution < -0.4 is 10.9 Å². The second-order valence-corrected chi connectivity index (χ2v) is 6.49. The van der Waals surface area contributed by atoms with Crippen molar-refractivity contribution < 1.29 is 0 Å². The molecule has 98 valence electrons. The van der Waals surface area contributed by atoms with Crippen molar-refractivity contribution >= 4 is 23.2 Å².